The number of rotatable bonds is 8. The molecule has 1 aromatic heterocycles. The van der Waals surface area contributed by atoms with E-state index in [2.05, 4.69) is 10.3 Å². The lowest BCUT2D eigenvalue weighted by atomic mass is 10.1. The smallest absolute Gasteiger partial charge is 0.311 e. The van der Waals surface area contributed by atoms with Gasteiger partial charge in [0.25, 0.3) is 0 Å². The summed E-state index contributed by atoms with van der Waals surface area (Å²) in [5.74, 6) is 0.600. The molecular formula is C18H20N2O5S. The van der Waals surface area contributed by atoms with Crippen LogP contribution in [0.25, 0.3) is 6.08 Å². The standard InChI is InChI=1S/C18H20N2O5S/c1-4-25-17(22)10-13-11-26-18(19-13)20-16(21)8-5-12-9-14(23-2)6-7-15(12)24-3/h5-9,11H,4,10H2,1-3H3,(H,19,20,21)/b8-5+. The molecule has 0 bridgehead atoms. The van der Waals surface area contributed by atoms with Gasteiger partial charge in [-0.15, -0.1) is 11.3 Å². The number of ether oxygens (including phenoxy) is 3. The molecule has 26 heavy (non-hydrogen) atoms. The van der Waals surface area contributed by atoms with E-state index in [1.807, 2.05) is 0 Å². The summed E-state index contributed by atoms with van der Waals surface area (Å²) in [5, 5.41) is 4.78. The zero-order valence-electron chi connectivity index (χ0n) is 14.8. The maximum atomic E-state index is 12.1. The Labute approximate surface area is 155 Å². The Morgan fingerprint density at radius 3 is 2.77 bits per heavy atom. The number of carbonyl (C=O) groups is 2. The molecule has 0 aliphatic heterocycles. The number of esters is 1. The summed E-state index contributed by atoms with van der Waals surface area (Å²) in [5.41, 5.74) is 1.27. The molecule has 1 aromatic carbocycles. The number of carbonyl (C=O) groups excluding carboxylic acids is 2. The van der Waals surface area contributed by atoms with Gasteiger partial charge in [0.2, 0.25) is 5.91 Å². The lowest BCUT2D eigenvalue weighted by Crippen LogP contribution is -2.09. The Morgan fingerprint density at radius 1 is 1.27 bits per heavy atom. The molecule has 1 amide bonds. The Bertz CT molecular complexity index is 801. The van der Waals surface area contributed by atoms with Gasteiger partial charge in [-0.1, -0.05) is 0 Å². The number of amides is 1. The summed E-state index contributed by atoms with van der Waals surface area (Å²) in [7, 11) is 3.12. The Balaban J connectivity index is 1.99. The lowest BCUT2D eigenvalue weighted by Gasteiger charge is -2.07. The van der Waals surface area contributed by atoms with Crippen LogP contribution in [0.15, 0.2) is 29.7 Å². The second kappa shape index (κ2) is 9.57. The number of nitrogens with zero attached hydrogens (tertiary/aromatic N) is 1. The first-order valence-corrected chi connectivity index (χ1v) is 8.74. The van der Waals surface area contributed by atoms with Gasteiger partial charge in [-0.2, -0.15) is 0 Å². The predicted molar refractivity (Wildman–Crippen MR) is 99.7 cm³/mol. The van der Waals surface area contributed by atoms with E-state index in [0.29, 0.717) is 34.5 Å². The number of aromatic nitrogens is 1. The van der Waals surface area contributed by atoms with E-state index in [4.69, 9.17) is 14.2 Å². The minimum atomic E-state index is -0.347. The average molecular weight is 376 g/mol. The quantitative estimate of drug-likeness (QED) is 0.563. The van der Waals surface area contributed by atoms with Crippen LogP contribution in [0.4, 0.5) is 5.13 Å². The van der Waals surface area contributed by atoms with E-state index in [1.165, 1.54) is 17.4 Å². The third kappa shape index (κ3) is 5.59. The van der Waals surface area contributed by atoms with Crippen molar-refractivity contribution >= 4 is 34.4 Å². The highest BCUT2D eigenvalue weighted by Gasteiger charge is 2.10. The van der Waals surface area contributed by atoms with Gasteiger partial charge in [0, 0.05) is 17.0 Å². The molecule has 0 spiro atoms. The molecule has 138 valence electrons. The number of nitrogens with one attached hydrogen (secondary N) is 1. The first kappa shape index (κ1) is 19.5. The number of anilines is 1. The van der Waals surface area contributed by atoms with E-state index in [0.717, 1.165) is 0 Å². The third-order valence-corrected chi connectivity index (χ3v) is 4.07. The summed E-state index contributed by atoms with van der Waals surface area (Å²) in [6, 6.07) is 5.30. The Hall–Kier alpha value is -2.87. The number of methoxy groups -OCH3 is 2. The molecule has 0 saturated carbocycles. The summed E-state index contributed by atoms with van der Waals surface area (Å²) in [6.07, 6.45) is 3.09. The van der Waals surface area contributed by atoms with E-state index in [-0.39, 0.29) is 18.3 Å². The van der Waals surface area contributed by atoms with Crippen LogP contribution in [0.3, 0.4) is 0 Å². The van der Waals surface area contributed by atoms with Crippen LogP contribution in [0.2, 0.25) is 0 Å². The van der Waals surface area contributed by atoms with Crippen molar-refractivity contribution in [2.45, 2.75) is 13.3 Å². The molecule has 1 heterocycles. The van der Waals surface area contributed by atoms with E-state index in [1.54, 1.807) is 50.8 Å². The van der Waals surface area contributed by atoms with Crippen molar-refractivity contribution in [2.24, 2.45) is 0 Å². The summed E-state index contributed by atoms with van der Waals surface area (Å²) in [6.45, 7) is 2.07. The van der Waals surface area contributed by atoms with Gasteiger partial charge in [-0.3, -0.25) is 14.9 Å². The zero-order chi connectivity index (χ0) is 18.9. The minimum Gasteiger partial charge on any atom is -0.497 e. The van der Waals surface area contributed by atoms with Crippen molar-refractivity contribution < 1.29 is 23.8 Å². The molecule has 0 unspecified atom stereocenters. The highest BCUT2D eigenvalue weighted by Crippen LogP contribution is 2.25. The second-order valence-corrected chi connectivity index (χ2v) is 5.91. The van der Waals surface area contributed by atoms with Crippen molar-refractivity contribution in [2.75, 3.05) is 26.1 Å². The lowest BCUT2D eigenvalue weighted by molar-refractivity contribution is -0.142. The predicted octanol–water partition coefficient (Wildman–Crippen LogP) is 2.92. The molecule has 0 aliphatic carbocycles. The van der Waals surface area contributed by atoms with Crippen molar-refractivity contribution in [3.63, 3.8) is 0 Å². The Kier molecular flexibility index (Phi) is 7.16. The molecule has 0 aliphatic rings. The minimum absolute atomic E-state index is 0.0804. The fraction of sp³-hybridized carbons (Fsp3) is 0.278. The van der Waals surface area contributed by atoms with Crippen LogP contribution in [0.1, 0.15) is 18.2 Å². The fourth-order valence-corrected chi connectivity index (χ4v) is 2.80. The molecule has 0 atom stereocenters. The molecule has 1 N–H and O–H groups in total. The van der Waals surface area contributed by atoms with Gasteiger partial charge >= 0.3 is 5.97 Å². The van der Waals surface area contributed by atoms with Gasteiger partial charge in [0.15, 0.2) is 5.13 Å². The Morgan fingerprint density at radius 2 is 2.08 bits per heavy atom. The van der Waals surface area contributed by atoms with Crippen LogP contribution >= 0.6 is 11.3 Å². The molecule has 0 saturated heterocycles. The number of hydrogen-bond acceptors (Lipinski definition) is 7. The van der Waals surface area contributed by atoms with Crippen LogP contribution in [-0.2, 0) is 20.7 Å². The fourth-order valence-electron chi connectivity index (χ4n) is 2.09. The molecule has 0 fully saturated rings. The van der Waals surface area contributed by atoms with Crippen LogP contribution in [0, 0.1) is 0 Å². The molecule has 2 rings (SSSR count). The molecule has 2 aromatic rings. The van der Waals surface area contributed by atoms with Crippen molar-refractivity contribution in [3.05, 3.63) is 40.9 Å². The first-order valence-electron chi connectivity index (χ1n) is 7.86. The topological polar surface area (TPSA) is 86.8 Å². The maximum absolute atomic E-state index is 12.1. The van der Waals surface area contributed by atoms with Crippen molar-refractivity contribution in [1.29, 1.82) is 0 Å². The van der Waals surface area contributed by atoms with Gasteiger partial charge in [-0.05, 0) is 31.2 Å². The van der Waals surface area contributed by atoms with Gasteiger partial charge in [0.05, 0.1) is 32.9 Å². The largest absolute Gasteiger partial charge is 0.497 e. The second-order valence-electron chi connectivity index (χ2n) is 5.06. The first-order chi connectivity index (χ1) is 12.5. The molecular weight excluding hydrogens is 356 g/mol. The normalized spacial score (nSPS) is 10.6. The van der Waals surface area contributed by atoms with Crippen molar-refractivity contribution in [3.8, 4) is 11.5 Å². The molecule has 0 radical (unpaired) electrons. The summed E-state index contributed by atoms with van der Waals surface area (Å²) in [4.78, 5) is 27.7. The van der Waals surface area contributed by atoms with E-state index < -0.39 is 0 Å². The van der Waals surface area contributed by atoms with E-state index >= 15 is 0 Å². The summed E-state index contributed by atoms with van der Waals surface area (Å²) >= 11 is 1.24. The number of thiazole rings is 1. The number of benzene rings is 1. The van der Waals surface area contributed by atoms with Gasteiger partial charge < -0.3 is 14.2 Å². The van der Waals surface area contributed by atoms with E-state index in [9.17, 15) is 9.59 Å². The van der Waals surface area contributed by atoms with Crippen molar-refractivity contribution in [1.82, 2.24) is 4.98 Å². The van der Waals surface area contributed by atoms with Gasteiger partial charge in [0.1, 0.15) is 11.5 Å². The zero-order valence-corrected chi connectivity index (χ0v) is 15.6. The summed E-state index contributed by atoms with van der Waals surface area (Å²) < 4.78 is 15.3. The number of hydrogen-bond donors (Lipinski definition) is 1. The SMILES string of the molecule is CCOC(=O)Cc1csc(NC(=O)/C=C/c2cc(OC)ccc2OC)n1. The third-order valence-electron chi connectivity index (χ3n) is 3.26. The highest BCUT2D eigenvalue weighted by atomic mass is 32.1. The average Bonchev–Trinajstić information content (AvgIpc) is 3.06. The van der Waals surface area contributed by atoms with Crippen LogP contribution in [0.5, 0.6) is 11.5 Å². The van der Waals surface area contributed by atoms with Gasteiger partial charge in [-0.25, -0.2) is 4.98 Å². The monoisotopic (exact) mass is 376 g/mol. The van der Waals surface area contributed by atoms with Crippen LogP contribution in [-0.4, -0.2) is 37.7 Å². The maximum Gasteiger partial charge on any atom is 0.311 e. The molecule has 8 heteroatoms. The highest BCUT2D eigenvalue weighted by molar-refractivity contribution is 7.14. The van der Waals surface area contributed by atoms with Crippen LogP contribution < -0.4 is 14.8 Å². The molecule has 7 nitrogen and oxygen atoms in total.